The topological polar surface area (TPSA) is 80.8 Å². The number of hydrogen-bond acceptors (Lipinski definition) is 6. The summed E-state index contributed by atoms with van der Waals surface area (Å²) in [7, 11) is 0. The number of Topliss-reactive ketones (excluding diaryl/α,β-unsaturated/α-hetero) is 1. The van der Waals surface area contributed by atoms with Crippen LogP contribution in [0, 0.1) is 6.92 Å². The first-order chi connectivity index (χ1) is 15.9. The van der Waals surface area contributed by atoms with E-state index >= 15 is 0 Å². The number of aryl methyl sites for hydroxylation is 1. The fraction of sp³-hybridized carbons (Fsp3) is 0.385. The van der Waals surface area contributed by atoms with Crippen molar-refractivity contribution in [3.05, 3.63) is 65.2 Å². The van der Waals surface area contributed by atoms with Gasteiger partial charge in [0.05, 0.1) is 16.5 Å². The van der Waals surface area contributed by atoms with Crippen LogP contribution >= 0.6 is 11.8 Å². The number of carbonyl (C=O) groups excluding carboxylic acids is 4. The quantitative estimate of drug-likeness (QED) is 0.334. The van der Waals surface area contributed by atoms with Gasteiger partial charge in [0.15, 0.2) is 12.4 Å². The van der Waals surface area contributed by atoms with Gasteiger partial charge in [-0.25, -0.2) is 9.69 Å². The lowest BCUT2D eigenvalue weighted by Gasteiger charge is -2.23. The van der Waals surface area contributed by atoms with E-state index in [1.54, 1.807) is 36.0 Å². The van der Waals surface area contributed by atoms with Crippen LogP contribution in [0.15, 0.2) is 48.5 Å². The van der Waals surface area contributed by atoms with Crippen LogP contribution in [0.5, 0.6) is 0 Å². The molecule has 33 heavy (non-hydrogen) atoms. The number of carbonyl (C=O) groups is 4. The first-order valence-electron chi connectivity index (χ1n) is 11.3. The highest BCUT2D eigenvalue weighted by Gasteiger charge is 2.41. The van der Waals surface area contributed by atoms with Crippen molar-refractivity contribution in [1.82, 2.24) is 0 Å². The van der Waals surface area contributed by atoms with Crippen molar-refractivity contribution >= 4 is 41.0 Å². The zero-order valence-electron chi connectivity index (χ0n) is 18.6. The van der Waals surface area contributed by atoms with E-state index in [0.29, 0.717) is 16.5 Å². The monoisotopic (exact) mass is 465 g/mol. The van der Waals surface area contributed by atoms with Gasteiger partial charge in [0.25, 0.3) is 0 Å². The summed E-state index contributed by atoms with van der Waals surface area (Å²) in [6.07, 6.45) is 6.03. The molecule has 2 fully saturated rings. The van der Waals surface area contributed by atoms with Crippen LogP contribution in [0.2, 0.25) is 0 Å². The predicted molar refractivity (Wildman–Crippen MR) is 128 cm³/mol. The summed E-state index contributed by atoms with van der Waals surface area (Å²) in [5, 5.41) is 0.109. The molecule has 1 heterocycles. The minimum atomic E-state index is -0.633. The molecule has 1 aliphatic carbocycles. The number of esters is 1. The van der Waals surface area contributed by atoms with Crippen LogP contribution in [0.3, 0.4) is 0 Å². The second-order valence-corrected chi connectivity index (χ2v) is 10.1. The van der Waals surface area contributed by atoms with E-state index in [-0.39, 0.29) is 41.4 Å². The van der Waals surface area contributed by atoms with E-state index < -0.39 is 5.97 Å². The molecule has 2 aromatic carbocycles. The van der Waals surface area contributed by atoms with Crippen LogP contribution in [0.1, 0.15) is 64.8 Å². The number of nitrogens with zero attached hydrogens (tertiary/aromatic N) is 1. The zero-order chi connectivity index (χ0) is 23.4. The number of hydrogen-bond donors (Lipinski definition) is 0. The van der Waals surface area contributed by atoms with Gasteiger partial charge in [0.2, 0.25) is 11.8 Å². The highest BCUT2D eigenvalue weighted by molar-refractivity contribution is 8.01. The Morgan fingerprint density at radius 1 is 0.939 bits per heavy atom. The Kier molecular flexibility index (Phi) is 7.28. The van der Waals surface area contributed by atoms with Crippen LogP contribution in [-0.2, 0) is 14.3 Å². The molecule has 172 valence electrons. The molecule has 0 aromatic heterocycles. The molecule has 0 spiro atoms. The van der Waals surface area contributed by atoms with Crippen molar-refractivity contribution < 1.29 is 23.9 Å². The van der Waals surface area contributed by atoms with Gasteiger partial charge in [0, 0.05) is 17.2 Å². The third-order valence-electron chi connectivity index (χ3n) is 6.08. The van der Waals surface area contributed by atoms with Crippen LogP contribution < -0.4 is 4.90 Å². The number of benzene rings is 2. The Labute approximate surface area is 197 Å². The van der Waals surface area contributed by atoms with Gasteiger partial charge in [0.1, 0.15) is 0 Å². The third kappa shape index (κ3) is 5.53. The second kappa shape index (κ2) is 10.3. The molecule has 1 unspecified atom stereocenters. The molecule has 1 saturated heterocycles. The maximum atomic E-state index is 12.9. The largest absolute Gasteiger partial charge is 0.454 e. The number of amides is 2. The molecule has 7 heteroatoms. The highest BCUT2D eigenvalue weighted by atomic mass is 32.2. The van der Waals surface area contributed by atoms with E-state index in [0.717, 1.165) is 18.4 Å². The first-order valence-corrected chi connectivity index (χ1v) is 12.3. The van der Waals surface area contributed by atoms with Crippen molar-refractivity contribution in [2.75, 3.05) is 11.5 Å². The molecule has 1 atom stereocenters. The molecule has 0 N–H and O–H groups in total. The standard InChI is InChI=1S/C26H27NO5S/c1-17-7-9-18(10-8-17)22(28)16-32-26(31)19-11-13-20(14-12-19)27-24(29)15-23(25(27)30)33-21-5-3-2-4-6-21/h7-14,21,23H,2-6,15-16H2,1H3. The molecule has 2 aromatic rings. The van der Waals surface area contributed by atoms with Gasteiger partial charge in [-0.3, -0.25) is 14.4 Å². The molecule has 1 saturated carbocycles. The molecule has 2 amide bonds. The molecule has 0 bridgehead atoms. The lowest BCUT2D eigenvalue weighted by Crippen LogP contribution is -2.31. The molecule has 6 nitrogen and oxygen atoms in total. The van der Waals surface area contributed by atoms with Crippen LogP contribution in [0.4, 0.5) is 5.69 Å². The van der Waals surface area contributed by atoms with E-state index in [9.17, 15) is 19.2 Å². The van der Waals surface area contributed by atoms with Crippen molar-refractivity contribution in [2.45, 2.75) is 55.9 Å². The fourth-order valence-electron chi connectivity index (χ4n) is 4.20. The number of ether oxygens (including phenoxy) is 1. The van der Waals surface area contributed by atoms with E-state index in [1.165, 1.54) is 36.3 Å². The molecule has 2 aliphatic rings. The number of rotatable bonds is 7. The van der Waals surface area contributed by atoms with E-state index in [2.05, 4.69) is 0 Å². The number of thioether (sulfide) groups is 1. The molecule has 0 radical (unpaired) electrons. The SMILES string of the molecule is Cc1ccc(C(=O)COC(=O)c2ccc(N3C(=O)CC(SC4CCCCC4)C3=O)cc2)cc1. The Bertz CT molecular complexity index is 1040. The van der Waals surface area contributed by atoms with Crippen LogP contribution in [-0.4, -0.2) is 40.7 Å². The summed E-state index contributed by atoms with van der Waals surface area (Å²) in [6, 6.07) is 13.2. The Hall–Kier alpha value is -2.93. The van der Waals surface area contributed by atoms with E-state index in [1.807, 2.05) is 19.1 Å². The molecule has 4 rings (SSSR count). The normalized spacial score (nSPS) is 19.1. The van der Waals surface area contributed by atoms with Crippen molar-refractivity contribution in [3.63, 3.8) is 0 Å². The zero-order valence-corrected chi connectivity index (χ0v) is 19.4. The minimum absolute atomic E-state index is 0.186. The van der Waals surface area contributed by atoms with E-state index in [4.69, 9.17) is 4.74 Å². The van der Waals surface area contributed by atoms with Crippen molar-refractivity contribution in [3.8, 4) is 0 Å². The average molecular weight is 466 g/mol. The maximum absolute atomic E-state index is 12.9. The van der Waals surface area contributed by atoms with Gasteiger partial charge in [-0.2, -0.15) is 0 Å². The number of ketones is 1. The summed E-state index contributed by atoms with van der Waals surface area (Å²) in [5.41, 5.74) is 2.22. The van der Waals surface area contributed by atoms with Gasteiger partial charge < -0.3 is 4.74 Å². The minimum Gasteiger partial charge on any atom is -0.454 e. The lowest BCUT2D eigenvalue weighted by atomic mass is 10.0. The van der Waals surface area contributed by atoms with Gasteiger partial charge in [-0.15, -0.1) is 11.8 Å². The Balaban J connectivity index is 1.34. The number of anilines is 1. The summed E-state index contributed by atoms with van der Waals surface area (Å²) in [5.74, 6) is -1.32. The smallest absolute Gasteiger partial charge is 0.338 e. The number of imide groups is 1. The van der Waals surface area contributed by atoms with Crippen molar-refractivity contribution in [1.29, 1.82) is 0 Å². The third-order valence-corrected chi connectivity index (χ3v) is 7.64. The van der Waals surface area contributed by atoms with Gasteiger partial charge in [-0.05, 0) is 44.0 Å². The molecular formula is C26H27NO5S. The van der Waals surface area contributed by atoms with Crippen LogP contribution in [0.25, 0.3) is 0 Å². The second-order valence-electron chi connectivity index (χ2n) is 8.57. The van der Waals surface area contributed by atoms with Crippen molar-refractivity contribution in [2.24, 2.45) is 0 Å². The highest BCUT2D eigenvalue weighted by Crippen LogP contribution is 2.37. The summed E-state index contributed by atoms with van der Waals surface area (Å²) >= 11 is 1.64. The Morgan fingerprint density at radius 2 is 1.58 bits per heavy atom. The van der Waals surface area contributed by atoms with Gasteiger partial charge in [-0.1, -0.05) is 49.1 Å². The first kappa shape index (κ1) is 23.2. The predicted octanol–water partition coefficient (Wildman–Crippen LogP) is 4.73. The lowest BCUT2D eigenvalue weighted by molar-refractivity contribution is -0.121. The average Bonchev–Trinajstić information content (AvgIpc) is 3.11. The summed E-state index contributed by atoms with van der Waals surface area (Å²) < 4.78 is 5.14. The maximum Gasteiger partial charge on any atom is 0.338 e. The summed E-state index contributed by atoms with van der Waals surface area (Å²) in [6.45, 7) is 1.57. The molecule has 1 aliphatic heterocycles. The van der Waals surface area contributed by atoms with Gasteiger partial charge >= 0.3 is 5.97 Å². The fourth-order valence-corrected chi connectivity index (χ4v) is 5.73. The molecular weight excluding hydrogens is 438 g/mol. The summed E-state index contributed by atoms with van der Waals surface area (Å²) in [4.78, 5) is 51.2. The Morgan fingerprint density at radius 3 is 2.24 bits per heavy atom.